The van der Waals surface area contributed by atoms with E-state index in [1.807, 2.05) is 44.6 Å². The van der Waals surface area contributed by atoms with Crippen LogP contribution in [-0.2, 0) is 13.6 Å². The molecule has 0 saturated carbocycles. The number of halogens is 1. The molecule has 5 nitrogen and oxygen atoms in total. The van der Waals surface area contributed by atoms with Crippen molar-refractivity contribution in [2.24, 2.45) is 7.05 Å². The second-order valence-corrected chi connectivity index (χ2v) is 4.81. The number of aryl methyl sites for hydroxylation is 1. The van der Waals surface area contributed by atoms with Crippen molar-refractivity contribution in [1.29, 1.82) is 0 Å². The van der Waals surface area contributed by atoms with Crippen molar-refractivity contribution in [2.75, 3.05) is 20.2 Å². The normalized spacial score (nSPS) is 10.9. The van der Waals surface area contributed by atoms with E-state index in [1.54, 1.807) is 4.68 Å². The van der Waals surface area contributed by atoms with Crippen molar-refractivity contribution in [1.82, 2.24) is 19.9 Å². The molecule has 0 saturated heterocycles. The Bertz CT molecular complexity index is 529. The van der Waals surface area contributed by atoms with Gasteiger partial charge in [-0.1, -0.05) is 28.9 Å². The lowest BCUT2D eigenvalue weighted by atomic mass is 10.3. The highest BCUT2D eigenvalue weighted by atomic mass is 35.5. The molecule has 1 aromatic heterocycles. The summed E-state index contributed by atoms with van der Waals surface area (Å²) in [5, 5.41) is 8.58. The molecule has 2 rings (SSSR count). The minimum atomic E-state index is 0.584. The van der Waals surface area contributed by atoms with Gasteiger partial charge in [0.2, 0.25) is 0 Å². The number of ether oxygens (including phenoxy) is 1. The zero-order chi connectivity index (χ0) is 13.7. The maximum atomic E-state index is 6.01. The molecule has 0 unspecified atom stereocenters. The summed E-state index contributed by atoms with van der Waals surface area (Å²) in [6.07, 6.45) is 1.91. The molecular weight excluding hydrogens is 264 g/mol. The number of hydrogen-bond acceptors (Lipinski definition) is 4. The van der Waals surface area contributed by atoms with Crippen LogP contribution in [0.2, 0.25) is 5.02 Å². The number of rotatable bonds is 6. The lowest BCUT2D eigenvalue weighted by Crippen LogP contribution is -2.24. The van der Waals surface area contributed by atoms with Gasteiger partial charge in [0.05, 0.1) is 10.7 Å². The van der Waals surface area contributed by atoms with Crippen LogP contribution in [0.1, 0.15) is 5.69 Å². The third-order valence-corrected chi connectivity index (χ3v) is 2.96. The van der Waals surface area contributed by atoms with Crippen molar-refractivity contribution >= 4 is 11.6 Å². The van der Waals surface area contributed by atoms with Gasteiger partial charge in [-0.05, 0) is 19.2 Å². The third kappa shape index (κ3) is 4.22. The van der Waals surface area contributed by atoms with Crippen molar-refractivity contribution in [2.45, 2.75) is 6.54 Å². The van der Waals surface area contributed by atoms with E-state index in [-0.39, 0.29) is 0 Å². The first-order valence-corrected chi connectivity index (χ1v) is 6.44. The predicted octanol–water partition coefficient (Wildman–Crippen LogP) is 1.98. The summed E-state index contributed by atoms with van der Waals surface area (Å²) in [6, 6.07) is 7.48. The Morgan fingerprint density at radius 3 is 2.84 bits per heavy atom. The van der Waals surface area contributed by atoms with E-state index in [2.05, 4.69) is 15.2 Å². The summed E-state index contributed by atoms with van der Waals surface area (Å²) in [5.74, 6) is 0.720. The Labute approximate surface area is 117 Å². The summed E-state index contributed by atoms with van der Waals surface area (Å²) < 4.78 is 7.33. The predicted molar refractivity (Wildman–Crippen MR) is 74.3 cm³/mol. The van der Waals surface area contributed by atoms with Crippen LogP contribution in [0.5, 0.6) is 5.75 Å². The summed E-state index contributed by atoms with van der Waals surface area (Å²) in [5.41, 5.74) is 0.947. The Hall–Kier alpha value is -1.59. The first kappa shape index (κ1) is 13.8. The number of likely N-dealkylation sites (N-methyl/N-ethyl adjacent to an activating group) is 1. The highest BCUT2D eigenvalue weighted by molar-refractivity contribution is 6.32. The van der Waals surface area contributed by atoms with Gasteiger partial charge in [-0.2, -0.15) is 0 Å². The van der Waals surface area contributed by atoms with Gasteiger partial charge in [0.15, 0.2) is 0 Å². The van der Waals surface area contributed by atoms with Gasteiger partial charge in [0, 0.05) is 26.3 Å². The minimum absolute atomic E-state index is 0.584. The maximum Gasteiger partial charge on any atom is 0.137 e. The number of aromatic nitrogens is 3. The van der Waals surface area contributed by atoms with E-state index in [0.29, 0.717) is 11.6 Å². The van der Waals surface area contributed by atoms with Crippen LogP contribution in [0.15, 0.2) is 30.5 Å². The van der Waals surface area contributed by atoms with Crippen LogP contribution in [0.25, 0.3) is 0 Å². The average Bonchev–Trinajstić information content (AvgIpc) is 2.77. The van der Waals surface area contributed by atoms with Gasteiger partial charge in [-0.3, -0.25) is 9.58 Å². The van der Waals surface area contributed by atoms with Gasteiger partial charge >= 0.3 is 0 Å². The van der Waals surface area contributed by atoms with Gasteiger partial charge < -0.3 is 4.74 Å². The molecule has 0 aliphatic rings. The molecule has 0 fully saturated rings. The molecule has 0 spiro atoms. The fourth-order valence-electron chi connectivity index (χ4n) is 1.70. The van der Waals surface area contributed by atoms with Crippen molar-refractivity contribution < 1.29 is 4.74 Å². The highest BCUT2D eigenvalue weighted by Crippen LogP contribution is 2.22. The zero-order valence-electron chi connectivity index (χ0n) is 11.1. The summed E-state index contributed by atoms with van der Waals surface area (Å²) in [4.78, 5) is 2.13. The van der Waals surface area contributed by atoms with E-state index in [9.17, 15) is 0 Å². The van der Waals surface area contributed by atoms with Crippen molar-refractivity contribution in [3.8, 4) is 5.75 Å². The third-order valence-electron chi connectivity index (χ3n) is 2.65. The summed E-state index contributed by atoms with van der Waals surface area (Å²) in [6.45, 7) is 2.13. The molecule has 0 aliphatic carbocycles. The zero-order valence-corrected chi connectivity index (χ0v) is 11.8. The molecule has 0 N–H and O–H groups in total. The van der Waals surface area contributed by atoms with Crippen LogP contribution >= 0.6 is 11.6 Å². The van der Waals surface area contributed by atoms with Crippen molar-refractivity contribution in [3.63, 3.8) is 0 Å². The number of nitrogens with zero attached hydrogens (tertiary/aromatic N) is 4. The van der Waals surface area contributed by atoms with Crippen LogP contribution in [0.4, 0.5) is 0 Å². The second kappa shape index (κ2) is 6.54. The Morgan fingerprint density at radius 1 is 1.37 bits per heavy atom. The fraction of sp³-hybridized carbons (Fsp3) is 0.385. The van der Waals surface area contributed by atoms with Crippen LogP contribution in [0.3, 0.4) is 0 Å². The smallest absolute Gasteiger partial charge is 0.137 e. The van der Waals surface area contributed by atoms with Crippen molar-refractivity contribution in [3.05, 3.63) is 41.2 Å². The quantitative estimate of drug-likeness (QED) is 0.811. The fourth-order valence-corrected chi connectivity index (χ4v) is 1.89. The first-order chi connectivity index (χ1) is 9.15. The Kier molecular flexibility index (Phi) is 4.76. The summed E-state index contributed by atoms with van der Waals surface area (Å²) >= 11 is 6.01. The molecule has 0 bridgehead atoms. The molecule has 0 atom stereocenters. The van der Waals surface area contributed by atoms with E-state index in [1.165, 1.54) is 0 Å². The van der Waals surface area contributed by atoms with Gasteiger partial charge in [0.1, 0.15) is 12.4 Å². The first-order valence-electron chi connectivity index (χ1n) is 6.06. The van der Waals surface area contributed by atoms with E-state index in [4.69, 9.17) is 16.3 Å². The number of benzene rings is 1. The molecule has 102 valence electrons. The van der Waals surface area contributed by atoms with Gasteiger partial charge in [0.25, 0.3) is 0 Å². The molecule has 2 aromatic rings. The Morgan fingerprint density at radius 2 is 2.16 bits per heavy atom. The Balaban J connectivity index is 1.75. The average molecular weight is 281 g/mol. The minimum Gasteiger partial charge on any atom is -0.491 e. The van der Waals surface area contributed by atoms with E-state index < -0.39 is 0 Å². The lowest BCUT2D eigenvalue weighted by Gasteiger charge is -2.15. The maximum absolute atomic E-state index is 6.01. The summed E-state index contributed by atoms with van der Waals surface area (Å²) in [7, 11) is 3.88. The monoisotopic (exact) mass is 280 g/mol. The van der Waals surface area contributed by atoms with Crippen LogP contribution in [0, 0.1) is 0 Å². The van der Waals surface area contributed by atoms with Crippen LogP contribution < -0.4 is 4.74 Å². The molecule has 0 aliphatic heterocycles. The van der Waals surface area contributed by atoms with Gasteiger partial charge in [-0.15, -0.1) is 5.10 Å². The lowest BCUT2D eigenvalue weighted by molar-refractivity contribution is 0.231. The largest absolute Gasteiger partial charge is 0.491 e. The second-order valence-electron chi connectivity index (χ2n) is 4.40. The number of para-hydroxylation sites is 1. The molecule has 6 heteroatoms. The molecular formula is C13H17ClN4O. The van der Waals surface area contributed by atoms with E-state index >= 15 is 0 Å². The van der Waals surface area contributed by atoms with E-state index in [0.717, 1.165) is 24.5 Å². The highest BCUT2D eigenvalue weighted by Gasteiger charge is 2.05. The molecule has 19 heavy (non-hydrogen) atoms. The molecule has 1 aromatic carbocycles. The van der Waals surface area contributed by atoms with Crippen LogP contribution in [-0.4, -0.2) is 40.1 Å². The molecule has 1 heterocycles. The number of hydrogen-bond donors (Lipinski definition) is 0. The SMILES string of the molecule is CN(CCOc1ccccc1Cl)Cc1cn(C)nn1. The standard InChI is InChI=1S/C13H17ClN4O/c1-17(9-11-10-18(2)16-15-11)7-8-19-13-6-4-3-5-12(13)14/h3-6,10H,7-9H2,1-2H3. The molecule has 0 amide bonds. The van der Waals surface area contributed by atoms with Gasteiger partial charge in [-0.25, -0.2) is 0 Å². The molecule has 0 radical (unpaired) electrons. The topological polar surface area (TPSA) is 43.2 Å².